The van der Waals surface area contributed by atoms with Crippen LogP contribution >= 0.6 is 27.5 Å². The Morgan fingerprint density at radius 3 is 2.50 bits per heavy atom. The van der Waals surface area contributed by atoms with E-state index in [0.717, 1.165) is 10.0 Å². The molecule has 0 aliphatic rings. The molecule has 0 heterocycles. The van der Waals surface area contributed by atoms with Crippen molar-refractivity contribution >= 4 is 27.5 Å². The molecule has 0 fully saturated rings. The number of halogens is 2. The topological polar surface area (TPSA) is 9.23 Å². The standard InChI is InChI=1S/C13H10BrClO/c14-11-7-4-8-12(13(11)15)16-9-10-5-2-1-3-6-10/h1-8H,9H2. The first kappa shape index (κ1) is 11.5. The second kappa shape index (κ2) is 5.37. The molecule has 0 saturated carbocycles. The molecule has 0 N–H and O–H groups in total. The number of hydrogen-bond acceptors (Lipinski definition) is 1. The van der Waals surface area contributed by atoms with E-state index in [4.69, 9.17) is 16.3 Å². The molecule has 1 nitrogen and oxygen atoms in total. The molecule has 0 bridgehead atoms. The van der Waals surface area contributed by atoms with Crippen LogP contribution in [0.4, 0.5) is 0 Å². The molecule has 3 heteroatoms. The fourth-order valence-electron chi connectivity index (χ4n) is 1.33. The Bertz CT molecular complexity index is 471. The highest BCUT2D eigenvalue weighted by atomic mass is 79.9. The lowest BCUT2D eigenvalue weighted by Gasteiger charge is -2.08. The van der Waals surface area contributed by atoms with E-state index in [2.05, 4.69) is 15.9 Å². The molecular weight excluding hydrogens is 287 g/mol. The fraction of sp³-hybridized carbons (Fsp3) is 0.0769. The predicted octanol–water partition coefficient (Wildman–Crippen LogP) is 4.68. The highest BCUT2D eigenvalue weighted by molar-refractivity contribution is 9.10. The largest absolute Gasteiger partial charge is 0.487 e. The lowest BCUT2D eigenvalue weighted by atomic mass is 10.2. The van der Waals surface area contributed by atoms with Crippen molar-refractivity contribution < 1.29 is 4.74 Å². The fourth-order valence-corrected chi connectivity index (χ4v) is 1.86. The monoisotopic (exact) mass is 296 g/mol. The third-order valence-electron chi connectivity index (χ3n) is 2.15. The van der Waals surface area contributed by atoms with Crippen molar-refractivity contribution in [2.75, 3.05) is 0 Å². The van der Waals surface area contributed by atoms with Gasteiger partial charge in [0.05, 0.1) is 5.02 Å². The molecule has 2 aromatic rings. The van der Waals surface area contributed by atoms with Gasteiger partial charge in [0.2, 0.25) is 0 Å². The zero-order chi connectivity index (χ0) is 11.4. The van der Waals surface area contributed by atoms with Gasteiger partial charge in [-0.25, -0.2) is 0 Å². The molecule has 16 heavy (non-hydrogen) atoms. The molecule has 0 aliphatic carbocycles. The third-order valence-corrected chi connectivity index (χ3v) is 3.43. The van der Waals surface area contributed by atoms with Crippen LogP contribution in [0.1, 0.15) is 5.56 Å². The maximum absolute atomic E-state index is 6.09. The van der Waals surface area contributed by atoms with Crippen LogP contribution in [0.2, 0.25) is 5.02 Å². The van der Waals surface area contributed by atoms with Gasteiger partial charge in [0, 0.05) is 4.47 Å². The Kier molecular flexibility index (Phi) is 3.86. The van der Waals surface area contributed by atoms with Crippen molar-refractivity contribution in [3.8, 4) is 5.75 Å². The lowest BCUT2D eigenvalue weighted by molar-refractivity contribution is 0.306. The summed E-state index contributed by atoms with van der Waals surface area (Å²) in [6.45, 7) is 0.525. The van der Waals surface area contributed by atoms with Crippen molar-refractivity contribution in [3.63, 3.8) is 0 Å². The maximum atomic E-state index is 6.09. The maximum Gasteiger partial charge on any atom is 0.139 e. The van der Waals surface area contributed by atoms with E-state index in [0.29, 0.717) is 17.4 Å². The van der Waals surface area contributed by atoms with Crippen LogP contribution in [0.5, 0.6) is 5.75 Å². The van der Waals surface area contributed by atoms with Crippen LogP contribution in [-0.2, 0) is 6.61 Å². The second-order valence-corrected chi connectivity index (χ2v) is 4.56. The number of rotatable bonds is 3. The first-order chi connectivity index (χ1) is 7.77. The molecule has 0 saturated heterocycles. The average Bonchev–Trinajstić information content (AvgIpc) is 2.32. The molecule has 0 unspecified atom stereocenters. The van der Waals surface area contributed by atoms with Gasteiger partial charge in [-0.1, -0.05) is 48.0 Å². The van der Waals surface area contributed by atoms with E-state index >= 15 is 0 Å². The van der Waals surface area contributed by atoms with Gasteiger partial charge in [-0.3, -0.25) is 0 Å². The molecular formula is C13H10BrClO. The zero-order valence-electron chi connectivity index (χ0n) is 8.49. The molecule has 2 aromatic carbocycles. The van der Waals surface area contributed by atoms with E-state index in [1.54, 1.807) is 0 Å². The minimum absolute atomic E-state index is 0.525. The number of ether oxygens (including phenoxy) is 1. The normalized spacial score (nSPS) is 10.1. The first-order valence-corrected chi connectivity index (χ1v) is 6.05. The van der Waals surface area contributed by atoms with Gasteiger partial charge in [-0.05, 0) is 33.6 Å². The van der Waals surface area contributed by atoms with Gasteiger partial charge in [0.25, 0.3) is 0 Å². The summed E-state index contributed by atoms with van der Waals surface area (Å²) in [6.07, 6.45) is 0. The summed E-state index contributed by atoms with van der Waals surface area (Å²) in [5.74, 6) is 0.694. The highest BCUT2D eigenvalue weighted by Gasteiger charge is 2.04. The van der Waals surface area contributed by atoms with Crippen molar-refractivity contribution in [2.45, 2.75) is 6.61 Å². The Balaban J connectivity index is 2.08. The lowest BCUT2D eigenvalue weighted by Crippen LogP contribution is -1.95. The molecule has 0 radical (unpaired) electrons. The third kappa shape index (κ3) is 2.77. The summed E-state index contributed by atoms with van der Waals surface area (Å²) < 4.78 is 6.49. The van der Waals surface area contributed by atoms with E-state index in [1.807, 2.05) is 48.5 Å². The van der Waals surface area contributed by atoms with E-state index < -0.39 is 0 Å². The van der Waals surface area contributed by atoms with Crippen LogP contribution in [0.15, 0.2) is 53.0 Å². The van der Waals surface area contributed by atoms with Crippen molar-refractivity contribution in [2.24, 2.45) is 0 Å². The Morgan fingerprint density at radius 2 is 1.75 bits per heavy atom. The van der Waals surface area contributed by atoms with Gasteiger partial charge in [-0.15, -0.1) is 0 Å². The average molecular weight is 298 g/mol. The Hall–Kier alpha value is -0.990. The predicted molar refractivity (Wildman–Crippen MR) is 69.9 cm³/mol. The van der Waals surface area contributed by atoms with Crippen LogP contribution in [0.25, 0.3) is 0 Å². The smallest absolute Gasteiger partial charge is 0.139 e. The zero-order valence-corrected chi connectivity index (χ0v) is 10.8. The van der Waals surface area contributed by atoms with Gasteiger partial charge in [-0.2, -0.15) is 0 Å². The molecule has 0 amide bonds. The van der Waals surface area contributed by atoms with Gasteiger partial charge in [0.1, 0.15) is 12.4 Å². The molecule has 0 atom stereocenters. The van der Waals surface area contributed by atoms with Gasteiger partial charge in [0.15, 0.2) is 0 Å². The Morgan fingerprint density at radius 1 is 1.00 bits per heavy atom. The van der Waals surface area contributed by atoms with E-state index in [1.165, 1.54) is 0 Å². The summed E-state index contributed by atoms with van der Waals surface area (Å²) in [7, 11) is 0. The quantitative estimate of drug-likeness (QED) is 0.799. The molecule has 0 spiro atoms. The summed E-state index contributed by atoms with van der Waals surface area (Å²) in [5, 5.41) is 0.610. The van der Waals surface area contributed by atoms with Crippen LogP contribution < -0.4 is 4.74 Å². The SMILES string of the molecule is Clc1c(Br)cccc1OCc1ccccc1. The van der Waals surface area contributed by atoms with Crippen LogP contribution in [0.3, 0.4) is 0 Å². The van der Waals surface area contributed by atoms with Gasteiger partial charge >= 0.3 is 0 Å². The van der Waals surface area contributed by atoms with E-state index in [9.17, 15) is 0 Å². The van der Waals surface area contributed by atoms with Crippen molar-refractivity contribution in [3.05, 3.63) is 63.6 Å². The highest BCUT2D eigenvalue weighted by Crippen LogP contribution is 2.32. The summed E-state index contributed by atoms with van der Waals surface area (Å²) >= 11 is 9.45. The molecule has 82 valence electrons. The minimum atomic E-state index is 0.525. The van der Waals surface area contributed by atoms with Crippen molar-refractivity contribution in [1.29, 1.82) is 0 Å². The Labute approximate surface area is 108 Å². The van der Waals surface area contributed by atoms with Crippen molar-refractivity contribution in [1.82, 2.24) is 0 Å². The molecule has 0 aromatic heterocycles. The number of hydrogen-bond donors (Lipinski definition) is 0. The molecule has 2 rings (SSSR count). The first-order valence-electron chi connectivity index (χ1n) is 4.88. The van der Waals surface area contributed by atoms with Crippen LogP contribution in [-0.4, -0.2) is 0 Å². The number of benzene rings is 2. The van der Waals surface area contributed by atoms with Crippen LogP contribution in [0, 0.1) is 0 Å². The summed E-state index contributed by atoms with van der Waals surface area (Å²) in [4.78, 5) is 0. The molecule has 0 aliphatic heterocycles. The van der Waals surface area contributed by atoms with E-state index in [-0.39, 0.29) is 0 Å². The summed E-state index contributed by atoms with van der Waals surface area (Å²) in [6, 6.07) is 15.6. The second-order valence-electron chi connectivity index (χ2n) is 3.33. The summed E-state index contributed by atoms with van der Waals surface area (Å²) in [5.41, 5.74) is 1.12. The minimum Gasteiger partial charge on any atom is -0.487 e. The van der Waals surface area contributed by atoms with Gasteiger partial charge < -0.3 is 4.74 Å².